The number of nitrogens with zero attached hydrogens (tertiary/aromatic N) is 2. The Hall–Kier alpha value is -3.18. The molecule has 6 heteroatoms. The van der Waals surface area contributed by atoms with Crippen molar-refractivity contribution >= 4 is 29.5 Å². The van der Waals surface area contributed by atoms with E-state index < -0.39 is 5.97 Å². The van der Waals surface area contributed by atoms with Crippen LogP contribution in [0.2, 0.25) is 5.02 Å². The Kier molecular flexibility index (Phi) is 5.39. The number of rotatable bonds is 5. The first-order valence-corrected chi connectivity index (χ1v) is 7.85. The molecule has 0 aliphatic heterocycles. The second-order valence-electron chi connectivity index (χ2n) is 5.08. The fraction of sp³-hybridized carbons (Fsp3) is 0. The molecular formula is C19H14ClN3O2. The molecule has 0 unspecified atom stereocenters. The van der Waals surface area contributed by atoms with Crippen molar-refractivity contribution in [3.8, 4) is 5.75 Å². The average molecular weight is 352 g/mol. The lowest BCUT2D eigenvalue weighted by Crippen LogP contribution is -2.08. The van der Waals surface area contributed by atoms with Crippen molar-refractivity contribution in [1.82, 2.24) is 4.98 Å². The molecule has 1 heterocycles. The Balaban J connectivity index is 1.57. The largest absolute Gasteiger partial charge is 0.423 e. The molecule has 0 aliphatic rings. The van der Waals surface area contributed by atoms with Crippen LogP contribution in [0.4, 0.5) is 5.69 Å². The molecular weight excluding hydrogens is 338 g/mol. The molecule has 5 nitrogen and oxygen atoms in total. The Bertz CT molecular complexity index is 863. The van der Waals surface area contributed by atoms with Gasteiger partial charge in [-0.15, -0.1) is 0 Å². The monoisotopic (exact) mass is 351 g/mol. The minimum absolute atomic E-state index is 0.403. The third-order valence-corrected chi connectivity index (χ3v) is 3.49. The van der Waals surface area contributed by atoms with Crippen molar-refractivity contribution < 1.29 is 9.53 Å². The molecule has 0 saturated carbocycles. The SMILES string of the molecule is O=C(Oc1ccc(C=NNc2ccc(Cl)cc2)cc1)c1cccnc1. The van der Waals surface area contributed by atoms with Gasteiger partial charge in [0.05, 0.1) is 17.5 Å². The second kappa shape index (κ2) is 8.08. The number of hydrogen-bond acceptors (Lipinski definition) is 5. The van der Waals surface area contributed by atoms with E-state index in [4.69, 9.17) is 16.3 Å². The van der Waals surface area contributed by atoms with Crippen LogP contribution in [0.3, 0.4) is 0 Å². The zero-order chi connectivity index (χ0) is 17.5. The first kappa shape index (κ1) is 16.7. The van der Waals surface area contributed by atoms with E-state index in [1.807, 2.05) is 12.1 Å². The molecule has 124 valence electrons. The van der Waals surface area contributed by atoms with Gasteiger partial charge in [0.15, 0.2) is 0 Å². The van der Waals surface area contributed by atoms with E-state index in [2.05, 4.69) is 15.5 Å². The lowest BCUT2D eigenvalue weighted by Gasteiger charge is -2.04. The summed E-state index contributed by atoms with van der Waals surface area (Å²) in [5, 5.41) is 4.82. The smallest absolute Gasteiger partial charge is 0.345 e. The van der Waals surface area contributed by atoms with E-state index >= 15 is 0 Å². The molecule has 1 aromatic heterocycles. The zero-order valence-corrected chi connectivity index (χ0v) is 13.9. The highest BCUT2D eigenvalue weighted by atomic mass is 35.5. The minimum atomic E-state index is -0.445. The summed E-state index contributed by atoms with van der Waals surface area (Å²) in [7, 11) is 0. The van der Waals surface area contributed by atoms with Crippen molar-refractivity contribution in [2.24, 2.45) is 5.10 Å². The van der Waals surface area contributed by atoms with E-state index in [0.29, 0.717) is 16.3 Å². The van der Waals surface area contributed by atoms with Gasteiger partial charge in [-0.2, -0.15) is 5.10 Å². The highest BCUT2D eigenvalue weighted by molar-refractivity contribution is 6.30. The third kappa shape index (κ3) is 4.89. The van der Waals surface area contributed by atoms with Gasteiger partial charge < -0.3 is 4.74 Å². The molecule has 0 radical (unpaired) electrons. The van der Waals surface area contributed by atoms with Gasteiger partial charge in [-0.25, -0.2) is 4.79 Å². The number of aromatic nitrogens is 1. The molecule has 3 aromatic rings. The van der Waals surface area contributed by atoms with Crippen molar-refractivity contribution in [3.05, 3.63) is 89.2 Å². The van der Waals surface area contributed by atoms with Crippen LogP contribution in [0.5, 0.6) is 5.75 Å². The van der Waals surface area contributed by atoms with E-state index in [0.717, 1.165) is 11.3 Å². The summed E-state index contributed by atoms with van der Waals surface area (Å²) in [4.78, 5) is 15.8. The van der Waals surface area contributed by atoms with E-state index in [9.17, 15) is 4.79 Å². The summed E-state index contributed by atoms with van der Waals surface area (Å²) in [5.74, 6) is 0.00980. The van der Waals surface area contributed by atoms with Crippen LogP contribution in [0, 0.1) is 0 Å². The molecule has 2 aromatic carbocycles. The van der Waals surface area contributed by atoms with Gasteiger partial charge in [-0.1, -0.05) is 11.6 Å². The lowest BCUT2D eigenvalue weighted by molar-refractivity contribution is 0.0734. The second-order valence-corrected chi connectivity index (χ2v) is 5.51. The summed E-state index contributed by atoms with van der Waals surface area (Å²) < 4.78 is 5.29. The summed E-state index contributed by atoms with van der Waals surface area (Å²) in [6.45, 7) is 0. The minimum Gasteiger partial charge on any atom is -0.423 e. The van der Waals surface area contributed by atoms with Gasteiger partial charge in [0.1, 0.15) is 5.75 Å². The number of hydrogen-bond donors (Lipinski definition) is 1. The van der Waals surface area contributed by atoms with E-state index in [-0.39, 0.29) is 0 Å². The highest BCUT2D eigenvalue weighted by Gasteiger charge is 2.07. The van der Waals surface area contributed by atoms with Crippen LogP contribution in [0.15, 0.2) is 78.2 Å². The standard InChI is InChI=1S/C19H14ClN3O2/c20-16-5-7-17(8-6-16)23-22-12-14-3-9-18(10-4-14)25-19(24)15-2-1-11-21-13-15/h1-13,23H. The number of hydrazone groups is 1. The van der Waals surface area contributed by atoms with Gasteiger partial charge in [-0.3, -0.25) is 10.4 Å². The predicted molar refractivity (Wildman–Crippen MR) is 98.3 cm³/mol. The van der Waals surface area contributed by atoms with Gasteiger partial charge in [0.2, 0.25) is 0 Å². The maximum atomic E-state index is 11.9. The van der Waals surface area contributed by atoms with Crippen LogP contribution < -0.4 is 10.2 Å². The maximum Gasteiger partial charge on any atom is 0.345 e. The fourth-order valence-corrected chi connectivity index (χ4v) is 2.10. The molecule has 25 heavy (non-hydrogen) atoms. The normalized spacial score (nSPS) is 10.6. The average Bonchev–Trinajstić information content (AvgIpc) is 2.65. The van der Waals surface area contributed by atoms with Gasteiger partial charge in [0.25, 0.3) is 0 Å². The number of carbonyl (C=O) groups is 1. The van der Waals surface area contributed by atoms with E-state index in [1.165, 1.54) is 6.20 Å². The molecule has 0 aliphatic carbocycles. The van der Waals surface area contributed by atoms with Gasteiger partial charge in [0, 0.05) is 17.4 Å². The number of anilines is 1. The summed E-state index contributed by atoms with van der Waals surface area (Å²) in [6.07, 6.45) is 4.73. The molecule has 3 rings (SSSR count). The molecule has 0 spiro atoms. The zero-order valence-electron chi connectivity index (χ0n) is 13.1. The molecule has 0 fully saturated rings. The third-order valence-electron chi connectivity index (χ3n) is 3.24. The number of esters is 1. The Morgan fingerprint density at radius 1 is 1.08 bits per heavy atom. The fourth-order valence-electron chi connectivity index (χ4n) is 1.98. The molecule has 0 atom stereocenters. The Labute approximate surface area is 149 Å². The van der Waals surface area contributed by atoms with Crippen molar-refractivity contribution in [2.45, 2.75) is 0 Å². The highest BCUT2D eigenvalue weighted by Crippen LogP contribution is 2.15. The lowest BCUT2D eigenvalue weighted by atomic mass is 10.2. The maximum absolute atomic E-state index is 11.9. The number of carbonyl (C=O) groups excluding carboxylic acids is 1. The van der Waals surface area contributed by atoms with Gasteiger partial charge >= 0.3 is 5.97 Å². The number of nitrogens with one attached hydrogen (secondary N) is 1. The number of halogens is 1. The number of benzene rings is 2. The molecule has 0 saturated heterocycles. The Morgan fingerprint density at radius 3 is 2.52 bits per heavy atom. The summed E-state index contributed by atoms with van der Waals surface area (Å²) in [5.41, 5.74) is 5.01. The van der Waals surface area contributed by atoms with Crippen LogP contribution in [0.1, 0.15) is 15.9 Å². The van der Waals surface area contributed by atoms with Crippen molar-refractivity contribution in [3.63, 3.8) is 0 Å². The quantitative estimate of drug-likeness (QED) is 0.320. The van der Waals surface area contributed by atoms with Crippen LogP contribution >= 0.6 is 11.6 Å². The van der Waals surface area contributed by atoms with Gasteiger partial charge in [-0.05, 0) is 66.2 Å². The first-order valence-electron chi connectivity index (χ1n) is 7.47. The van der Waals surface area contributed by atoms with Crippen LogP contribution in [0.25, 0.3) is 0 Å². The molecule has 0 amide bonds. The van der Waals surface area contributed by atoms with Crippen LogP contribution in [-0.2, 0) is 0 Å². The number of ether oxygens (including phenoxy) is 1. The van der Waals surface area contributed by atoms with Crippen molar-refractivity contribution in [2.75, 3.05) is 5.43 Å². The number of pyridine rings is 1. The molecule has 0 bridgehead atoms. The predicted octanol–water partition coefficient (Wildman–Crippen LogP) is 4.40. The Morgan fingerprint density at radius 2 is 1.84 bits per heavy atom. The molecule has 1 N–H and O–H groups in total. The first-order chi connectivity index (χ1) is 12.2. The van der Waals surface area contributed by atoms with Crippen LogP contribution in [-0.4, -0.2) is 17.2 Å². The summed E-state index contributed by atoms with van der Waals surface area (Å²) >= 11 is 5.83. The summed E-state index contributed by atoms with van der Waals surface area (Å²) in [6, 6.07) is 17.6. The topological polar surface area (TPSA) is 63.6 Å². The van der Waals surface area contributed by atoms with Crippen molar-refractivity contribution in [1.29, 1.82) is 0 Å². The van der Waals surface area contributed by atoms with E-state index in [1.54, 1.807) is 60.9 Å².